The second-order valence-electron chi connectivity index (χ2n) is 3.62. The topological polar surface area (TPSA) is 64.1 Å². The fraction of sp³-hybridized carbons (Fsp3) is 0.667. The van der Waals surface area contributed by atoms with Gasteiger partial charge in [-0.05, 0) is 20.3 Å². The molecule has 0 fully saturated rings. The van der Waals surface area contributed by atoms with Gasteiger partial charge in [-0.2, -0.15) is 0 Å². The van der Waals surface area contributed by atoms with Gasteiger partial charge in [0.2, 0.25) is 0 Å². The molecule has 1 aromatic rings. The van der Waals surface area contributed by atoms with Gasteiger partial charge in [-0.1, -0.05) is 0 Å². The van der Waals surface area contributed by atoms with E-state index in [9.17, 15) is 5.11 Å². The monoisotopic (exact) mass is 183 g/mol. The van der Waals surface area contributed by atoms with Gasteiger partial charge >= 0.3 is 0 Å². The van der Waals surface area contributed by atoms with Crippen LogP contribution in [0.15, 0.2) is 12.4 Å². The second-order valence-corrected chi connectivity index (χ2v) is 3.62. The molecule has 0 aromatic carbocycles. The fourth-order valence-corrected chi connectivity index (χ4v) is 1.10. The molecule has 13 heavy (non-hydrogen) atoms. The van der Waals surface area contributed by atoms with Gasteiger partial charge in [0.15, 0.2) is 0 Å². The van der Waals surface area contributed by atoms with Gasteiger partial charge in [-0.25, -0.2) is 4.98 Å². The Balaban J connectivity index is 2.48. The molecule has 0 bridgehead atoms. The number of aliphatic hydroxyl groups is 1. The van der Waals surface area contributed by atoms with E-state index >= 15 is 0 Å². The molecule has 1 aromatic heterocycles. The van der Waals surface area contributed by atoms with Gasteiger partial charge in [0.25, 0.3) is 0 Å². The first-order chi connectivity index (χ1) is 6.05. The van der Waals surface area contributed by atoms with Crippen molar-refractivity contribution in [3.8, 4) is 0 Å². The Morgan fingerprint density at radius 1 is 1.69 bits per heavy atom. The molecule has 1 heterocycles. The first-order valence-corrected chi connectivity index (χ1v) is 4.45. The van der Waals surface area contributed by atoms with E-state index < -0.39 is 5.60 Å². The third-order valence-electron chi connectivity index (χ3n) is 2.25. The molecule has 0 saturated carbocycles. The molecular formula is C9H17N3O. The van der Waals surface area contributed by atoms with Gasteiger partial charge in [0.1, 0.15) is 5.82 Å². The zero-order valence-corrected chi connectivity index (χ0v) is 8.20. The highest BCUT2D eigenvalue weighted by molar-refractivity contribution is 4.89. The van der Waals surface area contributed by atoms with Crippen LogP contribution in [0.25, 0.3) is 0 Å². The van der Waals surface area contributed by atoms with Gasteiger partial charge in [-0.15, -0.1) is 0 Å². The van der Waals surface area contributed by atoms with Crippen LogP contribution in [0.3, 0.4) is 0 Å². The van der Waals surface area contributed by atoms with Crippen molar-refractivity contribution in [2.45, 2.75) is 32.4 Å². The molecule has 0 radical (unpaired) electrons. The summed E-state index contributed by atoms with van der Waals surface area (Å²) in [7, 11) is 0. The Morgan fingerprint density at radius 3 is 2.85 bits per heavy atom. The first kappa shape index (κ1) is 10.2. The maximum atomic E-state index is 9.65. The van der Waals surface area contributed by atoms with Crippen molar-refractivity contribution < 1.29 is 5.11 Å². The van der Waals surface area contributed by atoms with E-state index in [0.29, 0.717) is 13.0 Å². The van der Waals surface area contributed by atoms with Crippen LogP contribution in [-0.2, 0) is 6.54 Å². The van der Waals surface area contributed by atoms with Crippen LogP contribution in [0.4, 0.5) is 0 Å². The molecule has 0 aliphatic rings. The fourth-order valence-electron chi connectivity index (χ4n) is 1.10. The molecular weight excluding hydrogens is 166 g/mol. The average molecular weight is 183 g/mol. The van der Waals surface area contributed by atoms with Crippen molar-refractivity contribution in [3.05, 3.63) is 18.2 Å². The smallest absolute Gasteiger partial charge is 0.105 e. The van der Waals surface area contributed by atoms with Gasteiger partial charge < -0.3 is 15.4 Å². The van der Waals surface area contributed by atoms with Gasteiger partial charge in [0, 0.05) is 25.5 Å². The summed E-state index contributed by atoms with van der Waals surface area (Å²) >= 11 is 0. The molecule has 1 rings (SSSR count). The minimum absolute atomic E-state index is 0.292. The Hall–Kier alpha value is -0.870. The maximum absolute atomic E-state index is 9.65. The van der Waals surface area contributed by atoms with E-state index in [1.807, 2.05) is 17.7 Å². The number of hydrogen-bond acceptors (Lipinski definition) is 3. The Bertz CT molecular complexity index is 268. The third-order valence-corrected chi connectivity index (χ3v) is 2.25. The summed E-state index contributed by atoms with van der Waals surface area (Å²) in [5, 5.41) is 9.65. The zero-order chi connectivity index (χ0) is 9.90. The lowest BCUT2D eigenvalue weighted by molar-refractivity contribution is 0.0552. The Kier molecular flexibility index (Phi) is 3.06. The lowest BCUT2D eigenvalue weighted by Gasteiger charge is -2.21. The summed E-state index contributed by atoms with van der Waals surface area (Å²) in [6, 6.07) is 0. The molecule has 0 amide bonds. The number of nitrogens with two attached hydrogens (primary N) is 1. The largest absolute Gasteiger partial charge is 0.389 e. The molecule has 0 aliphatic carbocycles. The van der Waals surface area contributed by atoms with Crippen molar-refractivity contribution in [2.24, 2.45) is 5.73 Å². The summed E-state index contributed by atoms with van der Waals surface area (Å²) in [5.74, 6) is 0.966. The van der Waals surface area contributed by atoms with Crippen LogP contribution < -0.4 is 5.73 Å². The number of hydrogen-bond donors (Lipinski definition) is 2. The molecule has 4 heteroatoms. The maximum Gasteiger partial charge on any atom is 0.105 e. The van der Waals surface area contributed by atoms with E-state index in [-0.39, 0.29) is 0 Å². The van der Waals surface area contributed by atoms with E-state index in [4.69, 9.17) is 5.73 Å². The number of rotatable bonds is 4. The summed E-state index contributed by atoms with van der Waals surface area (Å²) < 4.78 is 2.00. The highest BCUT2D eigenvalue weighted by atomic mass is 16.3. The van der Waals surface area contributed by atoms with Crippen LogP contribution in [0.1, 0.15) is 19.2 Å². The minimum Gasteiger partial charge on any atom is -0.389 e. The summed E-state index contributed by atoms with van der Waals surface area (Å²) in [4.78, 5) is 4.09. The Labute approximate surface area is 78.4 Å². The standard InChI is InChI=1S/C9H17N3O/c1-8-11-4-6-12(8)5-3-9(2,13)7-10/h4,6,13H,3,5,7,10H2,1-2H3. The molecule has 1 atom stereocenters. The van der Waals surface area contributed by atoms with Gasteiger partial charge in [0.05, 0.1) is 5.60 Å². The summed E-state index contributed by atoms with van der Waals surface area (Å²) in [6.45, 7) is 4.74. The van der Waals surface area contributed by atoms with Crippen LogP contribution in [0.5, 0.6) is 0 Å². The van der Waals surface area contributed by atoms with Crippen molar-refractivity contribution >= 4 is 0 Å². The van der Waals surface area contributed by atoms with Crippen LogP contribution in [0.2, 0.25) is 0 Å². The number of aryl methyl sites for hydroxylation is 2. The second kappa shape index (κ2) is 3.89. The van der Waals surface area contributed by atoms with E-state index in [0.717, 1.165) is 12.4 Å². The summed E-state index contributed by atoms with van der Waals surface area (Å²) in [5.41, 5.74) is 4.64. The molecule has 4 nitrogen and oxygen atoms in total. The molecule has 1 unspecified atom stereocenters. The lowest BCUT2D eigenvalue weighted by Crippen LogP contribution is -2.35. The SMILES string of the molecule is Cc1nccn1CCC(C)(O)CN. The predicted molar refractivity (Wildman–Crippen MR) is 51.3 cm³/mol. The van der Waals surface area contributed by atoms with E-state index in [1.165, 1.54) is 0 Å². The number of imidazole rings is 1. The zero-order valence-electron chi connectivity index (χ0n) is 8.20. The van der Waals surface area contributed by atoms with Crippen LogP contribution in [0, 0.1) is 6.92 Å². The molecule has 0 saturated heterocycles. The number of aromatic nitrogens is 2. The third kappa shape index (κ3) is 2.82. The summed E-state index contributed by atoms with van der Waals surface area (Å²) in [6.07, 6.45) is 4.31. The molecule has 0 aliphatic heterocycles. The average Bonchev–Trinajstić information content (AvgIpc) is 2.48. The highest BCUT2D eigenvalue weighted by Gasteiger charge is 2.17. The normalized spacial score (nSPS) is 15.7. The lowest BCUT2D eigenvalue weighted by atomic mass is 10.0. The predicted octanol–water partition coefficient (Wildman–Crippen LogP) is 0.291. The minimum atomic E-state index is -0.767. The number of nitrogens with zero attached hydrogens (tertiary/aromatic N) is 2. The quantitative estimate of drug-likeness (QED) is 0.705. The van der Waals surface area contributed by atoms with Gasteiger partial charge in [-0.3, -0.25) is 0 Å². The van der Waals surface area contributed by atoms with Crippen molar-refractivity contribution in [1.29, 1.82) is 0 Å². The van der Waals surface area contributed by atoms with Crippen LogP contribution >= 0.6 is 0 Å². The highest BCUT2D eigenvalue weighted by Crippen LogP contribution is 2.09. The van der Waals surface area contributed by atoms with Crippen molar-refractivity contribution in [2.75, 3.05) is 6.54 Å². The van der Waals surface area contributed by atoms with Crippen molar-refractivity contribution in [1.82, 2.24) is 9.55 Å². The molecule has 74 valence electrons. The Morgan fingerprint density at radius 2 is 2.38 bits per heavy atom. The molecule has 3 N–H and O–H groups in total. The van der Waals surface area contributed by atoms with Crippen LogP contribution in [-0.4, -0.2) is 26.8 Å². The van der Waals surface area contributed by atoms with E-state index in [1.54, 1.807) is 13.1 Å². The van der Waals surface area contributed by atoms with Crippen molar-refractivity contribution in [3.63, 3.8) is 0 Å². The molecule has 0 spiro atoms. The van der Waals surface area contributed by atoms with E-state index in [2.05, 4.69) is 4.98 Å². The first-order valence-electron chi connectivity index (χ1n) is 4.45.